The number of carbonyl (C=O) groups is 1. The Hall–Kier alpha value is -3.40. The molecule has 0 saturated carbocycles. The first-order valence-electron chi connectivity index (χ1n) is 12.1. The van der Waals surface area contributed by atoms with Crippen molar-refractivity contribution in [3.63, 3.8) is 0 Å². The molecule has 0 aliphatic heterocycles. The first-order chi connectivity index (χ1) is 17.8. The summed E-state index contributed by atoms with van der Waals surface area (Å²) in [4.78, 5) is 25.8. The van der Waals surface area contributed by atoms with Gasteiger partial charge in [-0.25, -0.2) is 17.5 Å². The Balaban J connectivity index is 1.66. The van der Waals surface area contributed by atoms with E-state index in [1.54, 1.807) is 24.3 Å². The molecule has 4 N–H and O–H groups in total. The second kappa shape index (κ2) is 11.8. The number of aryl methyl sites for hydroxylation is 1. The van der Waals surface area contributed by atoms with Crippen LogP contribution >= 0.6 is 11.5 Å². The quantitative estimate of drug-likeness (QED) is 0.268. The van der Waals surface area contributed by atoms with Gasteiger partial charge in [0, 0.05) is 31.1 Å². The molecule has 0 fully saturated rings. The molecule has 0 radical (unpaired) electrons. The number of aromatic nitrogens is 1. The molecule has 0 bridgehead atoms. The zero-order chi connectivity index (χ0) is 26.5. The number of benzene rings is 3. The van der Waals surface area contributed by atoms with Gasteiger partial charge in [-0.15, -0.1) is 0 Å². The Morgan fingerprint density at radius 3 is 2.41 bits per heavy atom. The molecule has 37 heavy (non-hydrogen) atoms. The van der Waals surface area contributed by atoms with E-state index < -0.39 is 41.2 Å². The third-order valence-electron chi connectivity index (χ3n) is 6.48. The fourth-order valence-corrected chi connectivity index (χ4v) is 5.77. The topological polar surface area (TPSA) is 97.3 Å². The van der Waals surface area contributed by atoms with E-state index in [1.807, 2.05) is 18.2 Å². The number of rotatable bonds is 11. The number of carboxylic acids is 1. The largest absolute Gasteiger partial charge is 0.480 e. The fraction of sp³-hybridized carbons (Fsp3) is 0.286. The van der Waals surface area contributed by atoms with Gasteiger partial charge in [0.15, 0.2) is 6.04 Å². The minimum absolute atomic E-state index is 0.0375. The first-order valence-corrected chi connectivity index (χ1v) is 12.9. The van der Waals surface area contributed by atoms with Crippen molar-refractivity contribution >= 4 is 27.6 Å². The molecule has 6 nitrogen and oxygen atoms in total. The van der Waals surface area contributed by atoms with Crippen LogP contribution in [0.1, 0.15) is 29.7 Å². The number of carboxylic acid groups (broad SMARTS) is 1. The zero-order valence-corrected chi connectivity index (χ0v) is 21.2. The third-order valence-corrected chi connectivity index (χ3v) is 7.62. The van der Waals surface area contributed by atoms with Crippen LogP contribution in [0.15, 0.2) is 71.5 Å². The Labute approximate surface area is 217 Å². The number of nitrogens with two attached hydrogens (primary N) is 1. The Kier molecular flexibility index (Phi) is 8.48. The average molecular weight is 526 g/mol. The van der Waals surface area contributed by atoms with Gasteiger partial charge >= 0.3 is 5.97 Å². The van der Waals surface area contributed by atoms with E-state index in [4.69, 9.17) is 5.73 Å². The lowest BCUT2D eigenvalue weighted by atomic mass is 9.87. The lowest BCUT2D eigenvalue weighted by Crippen LogP contribution is -2.47. The Bertz CT molecular complexity index is 1430. The Morgan fingerprint density at radius 2 is 1.73 bits per heavy atom. The third kappa shape index (κ3) is 6.30. The van der Waals surface area contributed by atoms with Crippen molar-refractivity contribution in [1.82, 2.24) is 9.27 Å². The van der Waals surface area contributed by atoms with Gasteiger partial charge in [-0.05, 0) is 53.8 Å². The lowest BCUT2D eigenvalue weighted by Gasteiger charge is -2.30. The minimum Gasteiger partial charge on any atom is -0.480 e. The molecule has 4 aromatic rings. The van der Waals surface area contributed by atoms with E-state index in [2.05, 4.69) is 18.3 Å². The number of hydrogen-bond donors (Lipinski definition) is 3. The highest BCUT2D eigenvalue weighted by Gasteiger charge is 2.36. The fourth-order valence-electron chi connectivity index (χ4n) is 4.62. The van der Waals surface area contributed by atoms with E-state index in [0.717, 1.165) is 29.6 Å². The van der Waals surface area contributed by atoms with Crippen molar-refractivity contribution in [2.24, 2.45) is 11.7 Å². The maximum Gasteiger partial charge on any atom is 0.328 e. The van der Waals surface area contributed by atoms with E-state index in [9.17, 15) is 23.5 Å². The van der Waals surface area contributed by atoms with Crippen molar-refractivity contribution in [1.29, 1.82) is 0 Å². The molecule has 3 atom stereocenters. The number of fused-ring (bicyclic) bond motifs is 1. The van der Waals surface area contributed by atoms with Gasteiger partial charge in [-0.3, -0.25) is 4.79 Å². The maximum absolute atomic E-state index is 13.8. The summed E-state index contributed by atoms with van der Waals surface area (Å²) in [6.07, 6.45) is 0.928. The normalized spacial score (nSPS) is 13.9. The molecule has 0 aliphatic rings. The summed E-state index contributed by atoms with van der Waals surface area (Å²) < 4.78 is 29.6. The van der Waals surface area contributed by atoms with E-state index in [0.29, 0.717) is 22.2 Å². The van der Waals surface area contributed by atoms with Crippen LogP contribution in [0.3, 0.4) is 0 Å². The van der Waals surface area contributed by atoms with E-state index in [-0.39, 0.29) is 13.0 Å². The van der Waals surface area contributed by atoms with Crippen LogP contribution in [-0.4, -0.2) is 27.6 Å². The Morgan fingerprint density at radius 1 is 1.03 bits per heavy atom. The zero-order valence-electron chi connectivity index (χ0n) is 20.4. The van der Waals surface area contributed by atoms with Gasteiger partial charge in [-0.1, -0.05) is 54.9 Å². The number of aliphatic carboxylic acids is 1. The molecule has 9 heteroatoms. The summed E-state index contributed by atoms with van der Waals surface area (Å²) in [5, 5.41) is 14.0. The van der Waals surface area contributed by atoms with Crippen LogP contribution in [0, 0.1) is 17.6 Å². The van der Waals surface area contributed by atoms with Gasteiger partial charge in [0.2, 0.25) is 0 Å². The summed E-state index contributed by atoms with van der Waals surface area (Å²) in [6, 6.07) is 16.0. The number of nitrogens with one attached hydrogen (secondary N) is 1. The standard InChI is InChI=1S/C28H29F2N3O3S/c1-2-17-6-5-7-18(10-17)15-32-16-23(24(31)13-19-11-20(29)14-21(30)12-19)26(28(35)36)33-27(34)22-8-3-4-9-25(22)37-33/h3-12,14,23-24,26,32H,2,13,15-16,31H2,1H3,(H,35,36)/t23-,24?,26+/m1/s1. The van der Waals surface area contributed by atoms with Crippen molar-refractivity contribution < 1.29 is 18.7 Å². The lowest BCUT2D eigenvalue weighted by molar-refractivity contribution is -0.142. The molecule has 0 amide bonds. The second-order valence-corrected chi connectivity index (χ2v) is 10.1. The summed E-state index contributed by atoms with van der Waals surface area (Å²) in [5.74, 6) is -3.43. The molecular formula is C28H29F2N3O3S. The maximum atomic E-state index is 13.8. The van der Waals surface area contributed by atoms with E-state index in [1.165, 1.54) is 21.7 Å². The molecule has 0 saturated heterocycles. The predicted octanol–water partition coefficient (Wildman–Crippen LogP) is 4.51. The van der Waals surface area contributed by atoms with Crippen LogP contribution in [0.4, 0.5) is 8.78 Å². The number of hydrogen-bond acceptors (Lipinski definition) is 5. The van der Waals surface area contributed by atoms with Gasteiger partial charge in [-0.2, -0.15) is 0 Å². The molecule has 3 aromatic carbocycles. The molecule has 1 aromatic heterocycles. The van der Waals surface area contributed by atoms with Crippen LogP contribution in [0.25, 0.3) is 10.1 Å². The first kappa shape index (κ1) is 26.7. The van der Waals surface area contributed by atoms with Gasteiger partial charge in [0.25, 0.3) is 5.56 Å². The molecular weight excluding hydrogens is 496 g/mol. The molecule has 0 spiro atoms. The molecule has 4 rings (SSSR count). The summed E-state index contributed by atoms with van der Waals surface area (Å²) in [7, 11) is 0. The SMILES string of the molecule is CCc1cccc(CNC[C@H](C(N)Cc2cc(F)cc(F)c2)[C@@H](C(=O)O)n2sc3ccccc3c2=O)c1. The molecule has 1 unspecified atom stereocenters. The summed E-state index contributed by atoms with van der Waals surface area (Å²) in [6.45, 7) is 2.71. The smallest absolute Gasteiger partial charge is 0.328 e. The monoisotopic (exact) mass is 525 g/mol. The number of nitrogens with zero attached hydrogens (tertiary/aromatic N) is 1. The highest BCUT2D eigenvalue weighted by molar-refractivity contribution is 7.14. The van der Waals surface area contributed by atoms with Gasteiger partial charge in [0.1, 0.15) is 11.6 Å². The molecule has 0 aliphatic carbocycles. The molecule has 1 heterocycles. The van der Waals surface area contributed by atoms with Crippen molar-refractivity contribution in [2.75, 3.05) is 6.54 Å². The van der Waals surface area contributed by atoms with Gasteiger partial charge < -0.3 is 16.2 Å². The number of halogens is 2. The highest BCUT2D eigenvalue weighted by atomic mass is 32.1. The predicted molar refractivity (Wildman–Crippen MR) is 142 cm³/mol. The van der Waals surface area contributed by atoms with Crippen LogP contribution in [0.2, 0.25) is 0 Å². The van der Waals surface area contributed by atoms with E-state index >= 15 is 0 Å². The van der Waals surface area contributed by atoms with Gasteiger partial charge in [0.05, 0.1) is 10.1 Å². The molecule has 194 valence electrons. The second-order valence-electron chi connectivity index (χ2n) is 9.12. The highest BCUT2D eigenvalue weighted by Crippen LogP contribution is 2.28. The minimum atomic E-state index is -1.27. The van der Waals surface area contributed by atoms with Crippen molar-refractivity contribution in [3.8, 4) is 0 Å². The summed E-state index contributed by atoms with van der Waals surface area (Å²) >= 11 is 1.07. The van der Waals surface area contributed by atoms with Crippen LogP contribution in [-0.2, 0) is 24.2 Å². The van der Waals surface area contributed by atoms with Crippen molar-refractivity contribution in [2.45, 2.75) is 38.4 Å². The average Bonchev–Trinajstić information content (AvgIpc) is 3.18. The van der Waals surface area contributed by atoms with Crippen molar-refractivity contribution in [3.05, 3.63) is 105 Å². The summed E-state index contributed by atoms with van der Waals surface area (Å²) in [5.41, 5.74) is 8.66. The van der Waals surface area contributed by atoms with Crippen LogP contribution < -0.4 is 16.6 Å². The van der Waals surface area contributed by atoms with Crippen LogP contribution in [0.5, 0.6) is 0 Å².